The summed E-state index contributed by atoms with van der Waals surface area (Å²) in [6.07, 6.45) is 1.47. The van der Waals surface area contributed by atoms with Gasteiger partial charge in [-0.15, -0.1) is 10.2 Å². The van der Waals surface area contributed by atoms with Crippen molar-refractivity contribution in [2.24, 2.45) is 0 Å². The van der Waals surface area contributed by atoms with E-state index in [1.165, 1.54) is 20.3 Å². The number of hydrogen-bond donors (Lipinski definition) is 1. The molecule has 5 rings (SSSR count). The first-order valence-corrected chi connectivity index (χ1v) is 12.6. The average molecular weight is 569 g/mol. The fourth-order valence-electron chi connectivity index (χ4n) is 3.67. The van der Waals surface area contributed by atoms with Crippen LogP contribution < -0.4 is 23.7 Å². The lowest BCUT2D eigenvalue weighted by Crippen LogP contribution is -1.99. The molecule has 10 nitrogen and oxygen atoms in total. The molecule has 3 aromatic carbocycles. The van der Waals surface area contributed by atoms with Gasteiger partial charge in [-0.05, 0) is 71.4 Å². The number of aromatic nitrogens is 2. The van der Waals surface area contributed by atoms with E-state index in [0.717, 1.165) is 17.3 Å². The topological polar surface area (TPSA) is 122 Å². The molecule has 1 N–H and O–H groups in total. The van der Waals surface area contributed by atoms with Crippen molar-refractivity contribution in [3.63, 3.8) is 0 Å². The highest BCUT2D eigenvalue weighted by Gasteiger charge is 2.19. The molecule has 1 aromatic heterocycles. The molecule has 0 saturated heterocycles. The zero-order valence-electron chi connectivity index (χ0n) is 20.7. The van der Waals surface area contributed by atoms with Crippen LogP contribution in [0.15, 0.2) is 69.1 Å². The molecule has 1 aliphatic heterocycles. The van der Waals surface area contributed by atoms with E-state index < -0.39 is 5.97 Å². The summed E-state index contributed by atoms with van der Waals surface area (Å²) in [6.45, 7) is 0.471. The van der Waals surface area contributed by atoms with Crippen molar-refractivity contribution in [1.82, 2.24) is 10.2 Å². The number of carboxylic acid groups (broad SMARTS) is 1. The van der Waals surface area contributed by atoms with Crippen molar-refractivity contribution < 1.29 is 38.0 Å². The molecule has 12 heteroatoms. The minimum Gasteiger partial charge on any atom is -0.496 e. The summed E-state index contributed by atoms with van der Waals surface area (Å²) in [7, 11) is 3.01. The van der Waals surface area contributed by atoms with E-state index in [1.54, 1.807) is 36.4 Å². The SMILES string of the molecule is COc1cc(/C=C(\Sc2nnc(-c3cc(Cl)ccc3OC)o2)C(=O)O)ccc1OCc1ccc2c(c1)OCO2. The van der Waals surface area contributed by atoms with E-state index in [9.17, 15) is 9.90 Å². The molecule has 2 heterocycles. The van der Waals surface area contributed by atoms with E-state index >= 15 is 0 Å². The number of thioether (sulfide) groups is 1. The Morgan fingerprint density at radius 2 is 1.79 bits per heavy atom. The molecule has 0 atom stereocenters. The third kappa shape index (κ3) is 6.05. The number of rotatable bonds is 10. The molecule has 4 aromatic rings. The van der Waals surface area contributed by atoms with Crippen LogP contribution in [0.2, 0.25) is 5.02 Å². The Hall–Kier alpha value is -4.35. The second-order valence-corrected chi connectivity index (χ2v) is 9.45. The molecule has 0 unspecified atom stereocenters. The second-order valence-electron chi connectivity index (χ2n) is 8.02. The van der Waals surface area contributed by atoms with Gasteiger partial charge in [-0.1, -0.05) is 23.7 Å². The molecule has 0 saturated carbocycles. The third-order valence-electron chi connectivity index (χ3n) is 5.52. The minimum atomic E-state index is -1.16. The van der Waals surface area contributed by atoms with Crippen LogP contribution in [-0.4, -0.2) is 42.3 Å². The minimum absolute atomic E-state index is 0.0383. The first kappa shape index (κ1) is 26.3. The molecular formula is C27H21ClN2O8S. The van der Waals surface area contributed by atoms with E-state index in [0.29, 0.717) is 44.9 Å². The number of nitrogens with zero attached hydrogens (tertiary/aromatic N) is 2. The maximum absolute atomic E-state index is 12.0. The summed E-state index contributed by atoms with van der Waals surface area (Å²) in [6, 6.07) is 15.6. The van der Waals surface area contributed by atoms with Crippen LogP contribution in [0, 0.1) is 0 Å². The normalized spacial score (nSPS) is 12.3. The number of carboxylic acids is 1. The summed E-state index contributed by atoms with van der Waals surface area (Å²) in [5.74, 6) is 1.76. The largest absolute Gasteiger partial charge is 0.496 e. The zero-order chi connectivity index (χ0) is 27.4. The van der Waals surface area contributed by atoms with Crippen LogP contribution in [0.4, 0.5) is 0 Å². The Morgan fingerprint density at radius 3 is 2.59 bits per heavy atom. The number of hydrogen-bond acceptors (Lipinski definition) is 10. The number of aliphatic carboxylic acids is 1. The van der Waals surface area contributed by atoms with E-state index in [1.807, 2.05) is 18.2 Å². The lowest BCUT2D eigenvalue weighted by Gasteiger charge is -2.12. The lowest BCUT2D eigenvalue weighted by atomic mass is 10.2. The monoisotopic (exact) mass is 568 g/mol. The lowest BCUT2D eigenvalue weighted by molar-refractivity contribution is -0.131. The number of fused-ring (bicyclic) bond motifs is 1. The molecule has 200 valence electrons. The summed E-state index contributed by atoms with van der Waals surface area (Å²) in [4.78, 5) is 12.0. The van der Waals surface area contributed by atoms with Gasteiger partial charge < -0.3 is 33.2 Å². The van der Waals surface area contributed by atoms with Gasteiger partial charge in [0.2, 0.25) is 6.79 Å². The smallest absolute Gasteiger partial charge is 0.342 e. The van der Waals surface area contributed by atoms with Gasteiger partial charge in [-0.3, -0.25) is 0 Å². The van der Waals surface area contributed by atoms with Gasteiger partial charge in [0.25, 0.3) is 11.1 Å². The molecule has 0 spiro atoms. The summed E-state index contributed by atoms with van der Waals surface area (Å²) >= 11 is 6.90. The third-order valence-corrected chi connectivity index (χ3v) is 6.61. The molecule has 0 amide bonds. The van der Waals surface area contributed by atoms with Crippen LogP contribution in [0.25, 0.3) is 17.5 Å². The van der Waals surface area contributed by atoms with Gasteiger partial charge in [0.1, 0.15) is 17.3 Å². The van der Waals surface area contributed by atoms with E-state index in [4.69, 9.17) is 39.7 Å². The van der Waals surface area contributed by atoms with Crippen molar-refractivity contribution in [1.29, 1.82) is 0 Å². The van der Waals surface area contributed by atoms with Gasteiger partial charge >= 0.3 is 5.97 Å². The predicted molar refractivity (Wildman–Crippen MR) is 143 cm³/mol. The van der Waals surface area contributed by atoms with Crippen molar-refractivity contribution in [2.75, 3.05) is 21.0 Å². The highest BCUT2D eigenvalue weighted by Crippen LogP contribution is 2.37. The van der Waals surface area contributed by atoms with Crippen molar-refractivity contribution in [3.05, 3.63) is 75.7 Å². The molecule has 0 aliphatic carbocycles. The summed E-state index contributed by atoms with van der Waals surface area (Å²) in [5.41, 5.74) is 1.96. The summed E-state index contributed by atoms with van der Waals surface area (Å²) < 4.78 is 33.2. The fourth-order valence-corrected chi connectivity index (χ4v) is 4.52. The van der Waals surface area contributed by atoms with E-state index in [-0.39, 0.29) is 29.4 Å². The molecular weight excluding hydrogens is 548 g/mol. The Balaban J connectivity index is 1.32. The Morgan fingerprint density at radius 1 is 1.00 bits per heavy atom. The fraction of sp³-hybridized carbons (Fsp3) is 0.148. The van der Waals surface area contributed by atoms with Crippen molar-refractivity contribution in [3.8, 4) is 40.2 Å². The molecule has 1 aliphatic rings. The van der Waals surface area contributed by atoms with Gasteiger partial charge in [0.15, 0.2) is 23.0 Å². The maximum Gasteiger partial charge on any atom is 0.342 e. The van der Waals surface area contributed by atoms with Crippen LogP contribution in [0.5, 0.6) is 28.7 Å². The van der Waals surface area contributed by atoms with E-state index in [2.05, 4.69) is 10.2 Å². The van der Waals surface area contributed by atoms with Crippen LogP contribution in [0.3, 0.4) is 0 Å². The summed E-state index contributed by atoms with van der Waals surface area (Å²) in [5, 5.41) is 18.3. The van der Waals surface area contributed by atoms with Crippen LogP contribution in [-0.2, 0) is 11.4 Å². The Kier molecular flexibility index (Phi) is 7.80. The van der Waals surface area contributed by atoms with Crippen LogP contribution in [0.1, 0.15) is 11.1 Å². The highest BCUT2D eigenvalue weighted by molar-refractivity contribution is 8.03. The van der Waals surface area contributed by atoms with Crippen LogP contribution >= 0.6 is 23.4 Å². The van der Waals surface area contributed by atoms with Crippen molar-refractivity contribution >= 4 is 35.4 Å². The first-order valence-electron chi connectivity index (χ1n) is 11.4. The number of ether oxygens (including phenoxy) is 5. The number of carbonyl (C=O) groups is 1. The number of halogens is 1. The molecule has 0 fully saturated rings. The molecule has 0 radical (unpaired) electrons. The maximum atomic E-state index is 12.0. The van der Waals surface area contributed by atoms with Gasteiger partial charge in [-0.2, -0.15) is 0 Å². The molecule has 39 heavy (non-hydrogen) atoms. The number of methoxy groups -OCH3 is 2. The molecule has 0 bridgehead atoms. The quantitative estimate of drug-likeness (QED) is 0.181. The van der Waals surface area contributed by atoms with Gasteiger partial charge in [-0.25, -0.2) is 4.79 Å². The zero-order valence-corrected chi connectivity index (χ0v) is 22.2. The van der Waals surface area contributed by atoms with Gasteiger partial charge in [0, 0.05) is 5.02 Å². The van der Waals surface area contributed by atoms with Crippen molar-refractivity contribution in [2.45, 2.75) is 11.8 Å². The highest BCUT2D eigenvalue weighted by atomic mass is 35.5. The average Bonchev–Trinajstić information content (AvgIpc) is 3.61. The second kappa shape index (κ2) is 11.6. The predicted octanol–water partition coefficient (Wildman–Crippen LogP) is 5.93. The standard InChI is InChI=1S/C27H21ClN2O8S/c1-33-19-8-5-17(28)12-18(19)25-29-30-27(38-25)39-24(26(31)32)11-15-3-6-20(22(9-15)34-2)35-13-16-4-7-21-23(10-16)37-14-36-21/h3-12H,13-14H2,1-2H3,(H,31,32)/b24-11-. The Labute approximate surface area is 232 Å². The first-order chi connectivity index (χ1) is 18.9. The Bertz CT molecular complexity index is 1550. The number of benzene rings is 3. The van der Waals surface area contributed by atoms with Gasteiger partial charge in [0.05, 0.1) is 19.8 Å².